The molecule has 3 heterocycles. The van der Waals surface area contributed by atoms with Crippen LogP contribution in [0.1, 0.15) is 41.0 Å². The Balaban J connectivity index is 1.39. The van der Waals surface area contributed by atoms with Crippen LogP contribution in [-0.2, 0) is 17.8 Å². The minimum Gasteiger partial charge on any atom is -0.391 e. The van der Waals surface area contributed by atoms with E-state index in [-0.39, 0.29) is 17.7 Å². The molecule has 0 unspecified atom stereocenters. The first-order valence-electron chi connectivity index (χ1n) is 8.79. The van der Waals surface area contributed by atoms with Gasteiger partial charge in [-0.3, -0.25) is 14.7 Å². The number of carbonyl (C=O) groups excluding carboxylic acids is 2. The molecule has 26 heavy (non-hydrogen) atoms. The molecule has 1 saturated carbocycles. The number of rotatable bonds is 3. The average molecular weight is 375 g/mol. The predicted molar refractivity (Wildman–Crippen MR) is 94.4 cm³/mol. The van der Waals surface area contributed by atoms with Gasteiger partial charge in [0.25, 0.3) is 5.91 Å². The van der Waals surface area contributed by atoms with Crippen LogP contribution in [0, 0.1) is 5.92 Å². The number of nitrogens with one attached hydrogen (secondary N) is 2. The molecule has 0 spiro atoms. The summed E-state index contributed by atoms with van der Waals surface area (Å²) in [6, 6.07) is -0.429. The monoisotopic (exact) mass is 375 g/mol. The zero-order chi connectivity index (χ0) is 18.1. The summed E-state index contributed by atoms with van der Waals surface area (Å²) in [7, 11) is 0. The van der Waals surface area contributed by atoms with Crippen molar-refractivity contribution in [3.8, 4) is 0 Å². The number of hydrogen-bond donors (Lipinski definition) is 3. The summed E-state index contributed by atoms with van der Waals surface area (Å²) in [6.45, 7) is 1.24. The predicted octanol–water partition coefficient (Wildman–Crippen LogP) is 0.710. The average Bonchev–Trinajstić information content (AvgIpc) is 3.34. The van der Waals surface area contributed by atoms with E-state index < -0.39 is 12.1 Å². The van der Waals surface area contributed by atoms with Crippen LogP contribution >= 0.6 is 11.3 Å². The zero-order valence-corrected chi connectivity index (χ0v) is 15.0. The molecule has 0 radical (unpaired) electrons. The molecule has 3 atom stereocenters. The van der Waals surface area contributed by atoms with Gasteiger partial charge in [0.1, 0.15) is 5.69 Å². The summed E-state index contributed by atoms with van der Waals surface area (Å²) in [6.07, 6.45) is 3.51. The molecule has 1 aliphatic heterocycles. The Morgan fingerprint density at radius 1 is 1.38 bits per heavy atom. The minimum absolute atomic E-state index is 0.0941. The molecule has 4 rings (SSSR count). The number of aromatic nitrogens is 3. The molecule has 138 valence electrons. The summed E-state index contributed by atoms with van der Waals surface area (Å²) in [5.74, 6) is -0.395. The fourth-order valence-electron chi connectivity index (χ4n) is 3.77. The summed E-state index contributed by atoms with van der Waals surface area (Å²) < 4.78 is 0. The van der Waals surface area contributed by atoms with E-state index in [0.717, 1.165) is 17.7 Å². The lowest BCUT2D eigenvalue weighted by atomic mass is 9.82. The van der Waals surface area contributed by atoms with E-state index in [0.29, 0.717) is 38.0 Å². The van der Waals surface area contributed by atoms with E-state index in [1.807, 2.05) is 4.90 Å². The van der Waals surface area contributed by atoms with E-state index in [1.165, 1.54) is 11.3 Å². The van der Waals surface area contributed by atoms with Crippen LogP contribution in [0.2, 0.25) is 0 Å². The number of aliphatic hydroxyl groups is 1. The third-order valence-electron chi connectivity index (χ3n) is 5.26. The van der Waals surface area contributed by atoms with Gasteiger partial charge in [-0.25, -0.2) is 4.98 Å². The molecule has 2 aliphatic rings. The summed E-state index contributed by atoms with van der Waals surface area (Å²) in [4.78, 5) is 31.0. The smallest absolute Gasteiger partial charge is 0.271 e. The van der Waals surface area contributed by atoms with Crippen LogP contribution < -0.4 is 5.32 Å². The highest BCUT2D eigenvalue weighted by molar-refractivity contribution is 7.07. The van der Waals surface area contributed by atoms with Crippen LogP contribution in [0.3, 0.4) is 0 Å². The number of H-pyrrole nitrogens is 1. The first-order valence-corrected chi connectivity index (χ1v) is 9.73. The van der Waals surface area contributed by atoms with Gasteiger partial charge in [-0.15, -0.1) is 11.3 Å². The second kappa shape index (κ2) is 7.16. The number of nitrogens with zero attached hydrogens (tertiary/aromatic N) is 3. The fourth-order valence-corrected chi connectivity index (χ4v) is 4.30. The van der Waals surface area contributed by atoms with Crippen LogP contribution in [0.5, 0.6) is 0 Å². The Bertz CT molecular complexity index is 790. The van der Waals surface area contributed by atoms with E-state index in [1.54, 1.807) is 17.1 Å². The van der Waals surface area contributed by atoms with Crippen LogP contribution in [-0.4, -0.2) is 55.7 Å². The van der Waals surface area contributed by atoms with Gasteiger partial charge in [0.05, 0.1) is 23.9 Å². The molecule has 8 nitrogen and oxygen atoms in total. The quantitative estimate of drug-likeness (QED) is 0.732. The highest BCUT2D eigenvalue weighted by Crippen LogP contribution is 2.28. The summed E-state index contributed by atoms with van der Waals surface area (Å²) in [5, 5.41) is 21.8. The molecule has 1 fully saturated rings. The van der Waals surface area contributed by atoms with Crippen molar-refractivity contribution >= 4 is 23.2 Å². The molecular weight excluding hydrogens is 354 g/mol. The van der Waals surface area contributed by atoms with Crippen LogP contribution in [0.4, 0.5) is 0 Å². The molecule has 3 N–H and O–H groups in total. The molecular formula is C17H21N5O3S. The Hall–Kier alpha value is -2.26. The summed E-state index contributed by atoms with van der Waals surface area (Å²) in [5.41, 5.74) is 4.11. The van der Waals surface area contributed by atoms with Gasteiger partial charge in [0.15, 0.2) is 0 Å². The number of amides is 2. The van der Waals surface area contributed by atoms with E-state index in [9.17, 15) is 14.7 Å². The molecule has 0 bridgehead atoms. The number of aromatic amines is 1. The normalized spacial score (nSPS) is 25.6. The second-order valence-electron chi connectivity index (χ2n) is 6.91. The van der Waals surface area contributed by atoms with Crippen molar-refractivity contribution in [1.82, 2.24) is 25.4 Å². The first kappa shape index (κ1) is 17.2. The van der Waals surface area contributed by atoms with Gasteiger partial charge in [0, 0.05) is 42.1 Å². The third-order valence-corrected chi connectivity index (χ3v) is 5.84. The molecule has 0 saturated heterocycles. The molecule has 2 amide bonds. The zero-order valence-electron chi connectivity index (χ0n) is 14.2. The number of aliphatic hydroxyl groups excluding tert-OH is 1. The molecule has 2 aromatic rings. The SMILES string of the molecule is O=C(N[C@@H]1C[C@@H](C(=O)N2CCc3[nH]ncc3C2)CC[C@H]1O)c1cscn1. The number of hydrogen-bond acceptors (Lipinski definition) is 6. The maximum Gasteiger partial charge on any atom is 0.271 e. The lowest BCUT2D eigenvalue weighted by molar-refractivity contribution is -0.138. The van der Waals surface area contributed by atoms with Crippen molar-refractivity contribution in [2.75, 3.05) is 6.54 Å². The minimum atomic E-state index is -0.636. The Labute approximate surface area is 154 Å². The van der Waals surface area contributed by atoms with E-state index >= 15 is 0 Å². The van der Waals surface area contributed by atoms with Crippen LogP contribution in [0.15, 0.2) is 17.1 Å². The number of fused-ring (bicyclic) bond motifs is 1. The van der Waals surface area contributed by atoms with Crippen molar-refractivity contribution in [2.45, 2.75) is 44.4 Å². The Kier molecular flexibility index (Phi) is 4.73. The summed E-state index contributed by atoms with van der Waals surface area (Å²) >= 11 is 1.35. The highest BCUT2D eigenvalue weighted by Gasteiger charge is 2.36. The maximum atomic E-state index is 12.9. The van der Waals surface area contributed by atoms with E-state index in [2.05, 4.69) is 20.5 Å². The van der Waals surface area contributed by atoms with Crippen LogP contribution in [0.25, 0.3) is 0 Å². The third kappa shape index (κ3) is 3.36. The number of carbonyl (C=O) groups is 2. The van der Waals surface area contributed by atoms with Gasteiger partial charge in [0.2, 0.25) is 5.91 Å². The fraction of sp³-hybridized carbons (Fsp3) is 0.529. The molecule has 9 heteroatoms. The second-order valence-corrected chi connectivity index (χ2v) is 7.63. The topological polar surface area (TPSA) is 111 Å². The van der Waals surface area contributed by atoms with E-state index in [4.69, 9.17) is 0 Å². The van der Waals surface area contributed by atoms with Gasteiger partial charge < -0.3 is 15.3 Å². The maximum absolute atomic E-state index is 12.9. The molecule has 0 aromatic carbocycles. The lowest BCUT2D eigenvalue weighted by Gasteiger charge is -2.36. The lowest BCUT2D eigenvalue weighted by Crippen LogP contribution is -2.50. The first-order chi connectivity index (χ1) is 12.6. The van der Waals surface area contributed by atoms with Gasteiger partial charge in [-0.2, -0.15) is 5.10 Å². The van der Waals surface area contributed by atoms with Gasteiger partial charge >= 0.3 is 0 Å². The van der Waals surface area contributed by atoms with Crippen molar-refractivity contribution in [1.29, 1.82) is 0 Å². The van der Waals surface area contributed by atoms with Gasteiger partial charge in [-0.1, -0.05) is 0 Å². The highest BCUT2D eigenvalue weighted by atomic mass is 32.1. The Morgan fingerprint density at radius 2 is 2.27 bits per heavy atom. The molecule has 1 aliphatic carbocycles. The molecule has 2 aromatic heterocycles. The number of thiazole rings is 1. The standard InChI is InChI=1S/C17H21N5O3S/c23-15-2-1-10(5-13(15)20-16(24)14-8-26-9-18-14)17(25)22-4-3-12-11(7-22)6-19-21-12/h6,8-10,13,15,23H,1-5,7H2,(H,19,21)(H,20,24)/t10-,13+,15+/m0/s1. The van der Waals surface area contributed by atoms with Crippen molar-refractivity contribution < 1.29 is 14.7 Å². The largest absolute Gasteiger partial charge is 0.391 e. The van der Waals surface area contributed by atoms with Crippen molar-refractivity contribution in [3.63, 3.8) is 0 Å². The Morgan fingerprint density at radius 3 is 3.08 bits per heavy atom. The van der Waals surface area contributed by atoms with Gasteiger partial charge in [-0.05, 0) is 19.3 Å². The van der Waals surface area contributed by atoms with Crippen molar-refractivity contribution in [2.24, 2.45) is 5.92 Å². The van der Waals surface area contributed by atoms with Crippen molar-refractivity contribution in [3.05, 3.63) is 34.0 Å².